The van der Waals surface area contributed by atoms with Gasteiger partial charge in [0.2, 0.25) is 5.78 Å². The molecule has 0 aliphatic carbocycles. The number of carbonyl (C=O) groups is 2. The largest absolute Gasteiger partial charge is 0.493 e. The summed E-state index contributed by atoms with van der Waals surface area (Å²) >= 11 is 0. The Kier molecular flexibility index (Phi) is 5.30. The van der Waals surface area contributed by atoms with Crippen LogP contribution in [0.25, 0.3) is 6.08 Å². The van der Waals surface area contributed by atoms with E-state index in [0.29, 0.717) is 28.6 Å². The average molecular weight is 370 g/mol. The smallest absolute Gasteiger partial charge is 0.343 e. The Balaban J connectivity index is 1.81. The van der Waals surface area contributed by atoms with Gasteiger partial charge in [0.15, 0.2) is 23.9 Å². The minimum absolute atomic E-state index is 0.183. The van der Waals surface area contributed by atoms with Crippen LogP contribution in [-0.4, -0.2) is 39.7 Å². The Hall–Kier alpha value is -3.48. The lowest BCUT2D eigenvalue weighted by atomic mass is 10.1. The summed E-state index contributed by atoms with van der Waals surface area (Å²) in [6.07, 6.45) is 1.62. The van der Waals surface area contributed by atoms with Gasteiger partial charge in [-0.2, -0.15) is 0 Å². The third kappa shape index (κ3) is 3.87. The Bertz CT molecular complexity index is 915. The van der Waals surface area contributed by atoms with E-state index in [2.05, 4.69) is 4.74 Å². The van der Waals surface area contributed by atoms with Gasteiger partial charge in [0.05, 0.1) is 26.9 Å². The van der Waals surface area contributed by atoms with Crippen LogP contribution in [0.4, 0.5) is 0 Å². The molecular formula is C20H18O7. The van der Waals surface area contributed by atoms with Gasteiger partial charge >= 0.3 is 5.97 Å². The molecular weight excluding hydrogens is 352 g/mol. The normalized spacial score (nSPS) is 13.7. The van der Waals surface area contributed by atoms with Crippen molar-refractivity contribution in [3.05, 3.63) is 53.3 Å². The number of ketones is 1. The first kappa shape index (κ1) is 18.3. The molecule has 0 unspecified atom stereocenters. The molecule has 0 aromatic heterocycles. The molecule has 140 valence electrons. The van der Waals surface area contributed by atoms with Crippen molar-refractivity contribution in [1.29, 1.82) is 0 Å². The molecule has 27 heavy (non-hydrogen) atoms. The molecule has 3 rings (SSSR count). The molecule has 2 aromatic rings. The third-order valence-electron chi connectivity index (χ3n) is 3.93. The molecule has 0 saturated carbocycles. The van der Waals surface area contributed by atoms with Crippen LogP contribution in [0.3, 0.4) is 0 Å². The van der Waals surface area contributed by atoms with Gasteiger partial charge < -0.3 is 23.7 Å². The monoisotopic (exact) mass is 370 g/mol. The van der Waals surface area contributed by atoms with E-state index in [1.807, 2.05) is 0 Å². The van der Waals surface area contributed by atoms with E-state index >= 15 is 0 Å². The zero-order valence-electron chi connectivity index (χ0n) is 15.1. The highest BCUT2D eigenvalue weighted by Gasteiger charge is 2.28. The molecule has 0 fully saturated rings. The fourth-order valence-electron chi connectivity index (χ4n) is 2.55. The molecule has 1 heterocycles. The molecule has 0 radical (unpaired) electrons. The second-order valence-electron chi connectivity index (χ2n) is 5.58. The second-order valence-corrected chi connectivity index (χ2v) is 5.58. The van der Waals surface area contributed by atoms with Crippen molar-refractivity contribution in [1.82, 2.24) is 0 Å². The van der Waals surface area contributed by atoms with E-state index < -0.39 is 5.97 Å². The van der Waals surface area contributed by atoms with Crippen molar-refractivity contribution in [3.8, 4) is 23.0 Å². The van der Waals surface area contributed by atoms with Crippen LogP contribution in [0.1, 0.15) is 15.9 Å². The molecule has 0 amide bonds. The van der Waals surface area contributed by atoms with Crippen LogP contribution < -0.4 is 18.9 Å². The summed E-state index contributed by atoms with van der Waals surface area (Å²) in [7, 11) is 4.37. The number of carbonyl (C=O) groups excluding carboxylic acids is 2. The van der Waals surface area contributed by atoms with Crippen LogP contribution in [0.5, 0.6) is 23.0 Å². The Morgan fingerprint density at radius 1 is 1.04 bits per heavy atom. The number of Topliss-reactive ketones (excluding diaryl/α,β-unsaturated/α-hetero) is 1. The van der Waals surface area contributed by atoms with E-state index in [-0.39, 0.29) is 18.1 Å². The lowest BCUT2D eigenvalue weighted by Gasteiger charge is -2.08. The highest BCUT2D eigenvalue weighted by atomic mass is 16.6. The molecule has 1 aliphatic rings. The third-order valence-corrected chi connectivity index (χ3v) is 3.93. The molecule has 0 saturated heterocycles. The van der Waals surface area contributed by atoms with Crippen molar-refractivity contribution in [3.63, 3.8) is 0 Å². The van der Waals surface area contributed by atoms with E-state index in [1.165, 1.54) is 14.2 Å². The first-order valence-electron chi connectivity index (χ1n) is 8.05. The lowest BCUT2D eigenvalue weighted by molar-refractivity contribution is -0.142. The fourth-order valence-corrected chi connectivity index (χ4v) is 2.55. The minimum atomic E-state index is -0.499. The zero-order chi connectivity index (χ0) is 19.4. The molecule has 2 aromatic carbocycles. The number of hydrogen-bond acceptors (Lipinski definition) is 7. The van der Waals surface area contributed by atoms with Crippen LogP contribution >= 0.6 is 0 Å². The van der Waals surface area contributed by atoms with Crippen molar-refractivity contribution in [2.24, 2.45) is 0 Å². The van der Waals surface area contributed by atoms with Gasteiger partial charge in [-0.1, -0.05) is 6.07 Å². The van der Waals surface area contributed by atoms with Crippen LogP contribution in [0.2, 0.25) is 0 Å². The summed E-state index contributed by atoms with van der Waals surface area (Å²) in [5.41, 5.74) is 1.15. The van der Waals surface area contributed by atoms with Gasteiger partial charge in [-0.25, -0.2) is 4.79 Å². The van der Waals surface area contributed by atoms with Crippen LogP contribution in [-0.2, 0) is 9.53 Å². The SMILES string of the molecule is COC(=O)COc1ccc2c(c1)O/C(=C/c1ccc(OC)c(OC)c1)C2=O. The minimum Gasteiger partial charge on any atom is -0.493 e. The summed E-state index contributed by atoms with van der Waals surface area (Å²) in [5.74, 6) is 1.36. The van der Waals surface area contributed by atoms with Crippen LogP contribution in [0.15, 0.2) is 42.2 Å². The average Bonchev–Trinajstić information content (AvgIpc) is 3.00. The Morgan fingerprint density at radius 3 is 2.52 bits per heavy atom. The molecule has 7 heteroatoms. The Morgan fingerprint density at radius 2 is 1.81 bits per heavy atom. The molecule has 0 N–H and O–H groups in total. The first-order chi connectivity index (χ1) is 13.0. The molecule has 7 nitrogen and oxygen atoms in total. The quantitative estimate of drug-likeness (QED) is 0.571. The van der Waals surface area contributed by atoms with Gasteiger partial charge in [-0.3, -0.25) is 4.79 Å². The van der Waals surface area contributed by atoms with Crippen molar-refractivity contribution in [2.45, 2.75) is 0 Å². The van der Waals surface area contributed by atoms with Crippen molar-refractivity contribution in [2.75, 3.05) is 27.9 Å². The number of benzene rings is 2. The first-order valence-corrected chi connectivity index (χ1v) is 8.05. The maximum absolute atomic E-state index is 12.5. The number of hydrogen-bond donors (Lipinski definition) is 0. The van der Waals surface area contributed by atoms with E-state index in [9.17, 15) is 9.59 Å². The molecule has 1 aliphatic heterocycles. The maximum Gasteiger partial charge on any atom is 0.343 e. The van der Waals surface area contributed by atoms with Gasteiger partial charge in [-0.15, -0.1) is 0 Å². The number of fused-ring (bicyclic) bond motifs is 1. The second kappa shape index (κ2) is 7.82. The summed E-state index contributed by atoms with van der Waals surface area (Å²) in [5, 5.41) is 0. The summed E-state index contributed by atoms with van der Waals surface area (Å²) < 4.78 is 26.0. The molecule has 0 bridgehead atoms. The number of methoxy groups -OCH3 is 3. The van der Waals surface area contributed by atoms with E-state index in [1.54, 1.807) is 49.6 Å². The predicted octanol–water partition coefficient (Wildman–Crippen LogP) is 2.87. The molecule has 0 spiro atoms. The van der Waals surface area contributed by atoms with Crippen molar-refractivity contribution < 1.29 is 33.3 Å². The standard InChI is InChI=1S/C20H18O7/c1-23-15-7-4-12(8-17(15)24-2)9-18-20(22)14-6-5-13(10-16(14)27-18)26-11-19(21)25-3/h4-10H,11H2,1-3H3/b18-9+. The molecule has 0 atom stereocenters. The number of allylic oxidation sites excluding steroid dienone is 1. The Labute approximate surface area is 156 Å². The van der Waals surface area contributed by atoms with Gasteiger partial charge in [0.25, 0.3) is 0 Å². The van der Waals surface area contributed by atoms with Gasteiger partial charge in [-0.05, 0) is 35.9 Å². The highest BCUT2D eigenvalue weighted by Crippen LogP contribution is 2.35. The summed E-state index contributed by atoms with van der Waals surface area (Å²) in [6, 6.07) is 10.0. The fraction of sp³-hybridized carbons (Fsp3) is 0.200. The van der Waals surface area contributed by atoms with Gasteiger partial charge in [0.1, 0.15) is 11.5 Å². The number of ether oxygens (including phenoxy) is 5. The van der Waals surface area contributed by atoms with E-state index in [4.69, 9.17) is 18.9 Å². The zero-order valence-corrected chi connectivity index (χ0v) is 15.1. The summed E-state index contributed by atoms with van der Waals surface area (Å²) in [6.45, 7) is -0.225. The number of esters is 1. The van der Waals surface area contributed by atoms with Crippen molar-refractivity contribution >= 4 is 17.8 Å². The predicted molar refractivity (Wildman–Crippen MR) is 96.4 cm³/mol. The maximum atomic E-state index is 12.5. The van der Waals surface area contributed by atoms with Gasteiger partial charge in [0, 0.05) is 6.07 Å². The number of rotatable bonds is 6. The highest BCUT2D eigenvalue weighted by molar-refractivity contribution is 6.14. The summed E-state index contributed by atoms with van der Waals surface area (Å²) in [4.78, 5) is 23.7. The van der Waals surface area contributed by atoms with Crippen LogP contribution in [0, 0.1) is 0 Å². The van der Waals surface area contributed by atoms with E-state index in [0.717, 1.165) is 5.56 Å². The lowest BCUT2D eigenvalue weighted by Crippen LogP contribution is -2.12. The topological polar surface area (TPSA) is 80.3 Å².